The lowest BCUT2D eigenvalue weighted by Gasteiger charge is -2.28. The van der Waals surface area contributed by atoms with Gasteiger partial charge in [0.1, 0.15) is 11.9 Å². The molecular formula is C18H18FN3O3S. The summed E-state index contributed by atoms with van der Waals surface area (Å²) in [6.07, 6.45) is 1.21. The summed E-state index contributed by atoms with van der Waals surface area (Å²) in [6, 6.07) is 12.6. The summed E-state index contributed by atoms with van der Waals surface area (Å²) in [5.41, 5.74) is 1.34. The van der Waals surface area contributed by atoms with Crippen molar-refractivity contribution in [2.75, 3.05) is 15.9 Å². The molecule has 0 aliphatic rings. The lowest BCUT2D eigenvalue weighted by Crippen LogP contribution is -2.45. The number of carbonyl (C=O) groups is 1. The van der Waals surface area contributed by atoms with Crippen LogP contribution in [0.5, 0.6) is 0 Å². The highest BCUT2D eigenvalue weighted by atomic mass is 32.2. The summed E-state index contributed by atoms with van der Waals surface area (Å²) in [4.78, 5) is 12.5. The van der Waals surface area contributed by atoms with Crippen LogP contribution in [0.15, 0.2) is 48.5 Å². The van der Waals surface area contributed by atoms with E-state index in [0.29, 0.717) is 5.69 Å². The van der Waals surface area contributed by atoms with E-state index in [1.165, 1.54) is 25.1 Å². The zero-order valence-corrected chi connectivity index (χ0v) is 15.1. The van der Waals surface area contributed by atoms with Crippen LogP contribution >= 0.6 is 0 Å². The molecule has 1 atom stereocenters. The van der Waals surface area contributed by atoms with Crippen LogP contribution in [0.1, 0.15) is 12.5 Å². The average Bonchev–Trinajstić information content (AvgIpc) is 2.55. The van der Waals surface area contributed by atoms with Crippen molar-refractivity contribution in [3.8, 4) is 6.07 Å². The van der Waals surface area contributed by atoms with Crippen LogP contribution in [0.4, 0.5) is 15.8 Å². The van der Waals surface area contributed by atoms with Crippen molar-refractivity contribution in [2.24, 2.45) is 0 Å². The van der Waals surface area contributed by atoms with E-state index < -0.39 is 27.8 Å². The molecule has 1 amide bonds. The van der Waals surface area contributed by atoms with Crippen LogP contribution in [0.2, 0.25) is 0 Å². The SMILES string of the molecule is C[C@@H](C(=O)Nc1ccc(CC#N)cc1)N(c1cccc(F)c1)S(C)(=O)=O. The van der Waals surface area contributed by atoms with Gasteiger partial charge >= 0.3 is 0 Å². The van der Waals surface area contributed by atoms with E-state index in [4.69, 9.17) is 5.26 Å². The summed E-state index contributed by atoms with van der Waals surface area (Å²) >= 11 is 0. The highest BCUT2D eigenvalue weighted by Gasteiger charge is 2.29. The van der Waals surface area contributed by atoms with Crippen LogP contribution in [0.25, 0.3) is 0 Å². The van der Waals surface area contributed by atoms with Gasteiger partial charge in [0.05, 0.1) is 24.4 Å². The van der Waals surface area contributed by atoms with E-state index in [-0.39, 0.29) is 12.1 Å². The topological polar surface area (TPSA) is 90.3 Å². The van der Waals surface area contributed by atoms with Gasteiger partial charge < -0.3 is 5.32 Å². The van der Waals surface area contributed by atoms with Crippen molar-refractivity contribution in [1.82, 2.24) is 0 Å². The van der Waals surface area contributed by atoms with Crippen molar-refractivity contribution < 1.29 is 17.6 Å². The van der Waals surface area contributed by atoms with Crippen molar-refractivity contribution >= 4 is 27.3 Å². The van der Waals surface area contributed by atoms with Crippen LogP contribution in [0, 0.1) is 17.1 Å². The summed E-state index contributed by atoms with van der Waals surface area (Å²) in [5.74, 6) is -1.16. The molecule has 26 heavy (non-hydrogen) atoms. The van der Waals surface area contributed by atoms with Gasteiger partial charge in [-0.3, -0.25) is 9.10 Å². The minimum Gasteiger partial charge on any atom is -0.324 e. The van der Waals surface area contributed by atoms with E-state index in [0.717, 1.165) is 22.2 Å². The fraction of sp³-hybridized carbons (Fsp3) is 0.222. The molecule has 8 heteroatoms. The Labute approximate surface area is 151 Å². The second-order valence-electron chi connectivity index (χ2n) is 5.74. The Morgan fingerprint density at radius 3 is 2.46 bits per heavy atom. The van der Waals surface area contributed by atoms with Gasteiger partial charge in [-0.15, -0.1) is 0 Å². The number of nitrogens with one attached hydrogen (secondary N) is 1. The first-order chi connectivity index (χ1) is 12.2. The summed E-state index contributed by atoms with van der Waals surface area (Å²) in [6.45, 7) is 1.42. The number of nitriles is 1. The third-order valence-corrected chi connectivity index (χ3v) is 4.90. The normalized spacial score (nSPS) is 12.1. The number of benzene rings is 2. The number of halogens is 1. The van der Waals surface area contributed by atoms with E-state index in [1.54, 1.807) is 24.3 Å². The number of nitrogens with zero attached hydrogens (tertiary/aromatic N) is 2. The summed E-state index contributed by atoms with van der Waals surface area (Å²) < 4.78 is 38.7. The monoisotopic (exact) mass is 375 g/mol. The number of rotatable bonds is 6. The maximum absolute atomic E-state index is 13.5. The van der Waals surface area contributed by atoms with Crippen molar-refractivity contribution in [3.63, 3.8) is 0 Å². The van der Waals surface area contributed by atoms with Gasteiger partial charge in [0, 0.05) is 5.69 Å². The first-order valence-corrected chi connectivity index (χ1v) is 9.59. The zero-order chi connectivity index (χ0) is 19.3. The minimum absolute atomic E-state index is 0.0690. The molecule has 136 valence electrons. The number of hydrogen-bond donors (Lipinski definition) is 1. The van der Waals surface area contributed by atoms with Gasteiger partial charge in [0.2, 0.25) is 15.9 Å². The molecule has 0 aliphatic carbocycles. The molecule has 0 bridgehead atoms. The van der Waals surface area contributed by atoms with Crippen molar-refractivity contribution in [2.45, 2.75) is 19.4 Å². The molecule has 0 unspecified atom stereocenters. The molecule has 0 aliphatic heterocycles. The molecule has 0 saturated carbocycles. The average molecular weight is 375 g/mol. The lowest BCUT2D eigenvalue weighted by molar-refractivity contribution is -0.116. The van der Waals surface area contributed by atoms with Crippen molar-refractivity contribution in [3.05, 3.63) is 59.9 Å². The highest BCUT2D eigenvalue weighted by molar-refractivity contribution is 7.92. The van der Waals surface area contributed by atoms with E-state index >= 15 is 0 Å². The second-order valence-corrected chi connectivity index (χ2v) is 7.60. The first kappa shape index (κ1) is 19.4. The Balaban J connectivity index is 2.24. The lowest BCUT2D eigenvalue weighted by atomic mass is 10.1. The molecule has 0 spiro atoms. The number of carbonyl (C=O) groups excluding carboxylic acids is 1. The number of sulfonamides is 1. The molecule has 2 rings (SSSR count). The minimum atomic E-state index is -3.82. The number of hydrogen-bond acceptors (Lipinski definition) is 4. The van der Waals surface area contributed by atoms with Crippen molar-refractivity contribution in [1.29, 1.82) is 5.26 Å². The molecule has 0 radical (unpaired) electrons. The van der Waals surface area contributed by atoms with Gasteiger partial charge in [0.25, 0.3) is 0 Å². The van der Waals surface area contributed by atoms with Gasteiger partial charge in [-0.25, -0.2) is 12.8 Å². The first-order valence-electron chi connectivity index (χ1n) is 7.74. The molecule has 1 N–H and O–H groups in total. The predicted octanol–water partition coefficient (Wildman–Crippen LogP) is 2.68. The quantitative estimate of drug-likeness (QED) is 0.840. The Morgan fingerprint density at radius 2 is 1.92 bits per heavy atom. The van der Waals surface area contributed by atoms with Gasteiger partial charge in [-0.1, -0.05) is 18.2 Å². The van der Waals surface area contributed by atoms with E-state index in [9.17, 15) is 17.6 Å². The van der Waals surface area contributed by atoms with Gasteiger partial charge in [-0.2, -0.15) is 5.26 Å². The number of amides is 1. The number of anilines is 2. The molecule has 0 aromatic heterocycles. The van der Waals surface area contributed by atoms with Crippen LogP contribution in [-0.4, -0.2) is 26.6 Å². The van der Waals surface area contributed by atoms with E-state index in [1.807, 2.05) is 6.07 Å². The largest absolute Gasteiger partial charge is 0.324 e. The van der Waals surface area contributed by atoms with E-state index in [2.05, 4.69) is 5.32 Å². The van der Waals surface area contributed by atoms with Gasteiger partial charge in [-0.05, 0) is 42.8 Å². The Morgan fingerprint density at radius 1 is 1.27 bits per heavy atom. The van der Waals surface area contributed by atoms with Crippen LogP contribution < -0.4 is 9.62 Å². The molecule has 2 aromatic carbocycles. The molecule has 0 heterocycles. The fourth-order valence-electron chi connectivity index (χ4n) is 2.47. The third kappa shape index (κ3) is 4.80. The highest BCUT2D eigenvalue weighted by Crippen LogP contribution is 2.22. The zero-order valence-electron chi connectivity index (χ0n) is 14.3. The fourth-order valence-corrected chi connectivity index (χ4v) is 3.63. The predicted molar refractivity (Wildman–Crippen MR) is 97.6 cm³/mol. The second kappa shape index (κ2) is 7.97. The summed E-state index contributed by atoms with van der Waals surface area (Å²) in [5, 5.41) is 11.3. The summed E-state index contributed by atoms with van der Waals surface area (Å²) in [7, 11) is -3.82. The Kier molecular flexibility index (Phi) is 5.95. The third-order valence-electron chi connectivity index (χ3n) is 3.66. The maximum atomic E-state index is 13.5. The smallest absolute Gasteiger partial charge is 0.247 e. The molecule has 0 fully saturated rings. The van der Waals surface area contributed by atoms with Crippen LogP contribution in [0.3, 0.4) is 0 Å². The molecule has 2 aromatic rings. The van der Waals surface area contributed by atoms with Gasteiger partial charge in [0.15, 0.2) is 0 Å². The van der Waals surface area contributed by atoms with Crippen LogP contribution in [-0.2, 0) is 21.2 Å². The molecular weight excluding hydrogens is 357 g/mol. The standard InChI is InChI=1S/C18H18FN3O3S/c1-13(18(23)21-16-8-6-14(7-9-16)10-11-20)22(26(2,24)25)17-5-3-4-15(19)12-17/h3-9,12-13H,10H2,1-2H3,(H,21,23)/t13-/m0/s1. The molecule has 6 nitrogen and oxygen atoms in total. The Hall–Kier alpha value is -2.92. The molecule has 0 saturated heterocycles. The Bertz CT molecular complexity index is 937. The maximum Gasteiger partial charge on any atom is 0.247 e.